The molecule has 4 heteroatoms. The van der Waals surface area contributed by atoms with Crippen molar-refractivity contribution >= 4 is 0 Å². The molecular weight excluding hydrogens is 236 g/mol. The van der Waals surface area contributed by atoms with Crippen molar-refractivity contribution in [2.45, 2.75) is 19.8 Å². The van der Waals surface area contributed by atoms with E-state index >= 15 is 0 Å². The fraction of sp³-hybridized carbons (Fsp3) is 0.467. The molecular formula is C15H20N4. The zero-order valence-electron chi connectivity index (χ0n) is 11.6. The zero-order chi connectivity index (χ0) is 13.2. The number of nitrogens with one attached hydrogen (secondary N) is 1. The van der Waals surface area contributed by atoms with Crippen molar-refractivity contribution in [1.82, 2.24) is 20.1 Å². The standard InChI is InChI=1S/C15H20N4/c1-11-8-15(18-17-11)14-5-3-4-13(16-14)9-12-6-7-19(2)10-12/h3-5,8,12H,6-7,9-10H2,1-2H3,(H,17,18). The Kier molecular flexibility index (Phi) is 3.34. The molecule has 0 spiro atoms. The topological polar surface area (TPSA) is 44.8 Å². The fourth-order valence-corrected chi connectivity index (χ4v) is 2.77. The van der Waals surface area contributed by atoms with E-state index in [2.05, 4.69) is 34.3 Å². The summed E-state index contributed by atoms with van der Waals surface area (Å²) in [6, 6.07) is 8.27. The van der Waals surface area contributed by atoms with Crippen molar-refractivity contribution in [3.63, 3.8) is 0 Å². The van der Waals surface area contributed by atoms with Gasteiger partial charge in [0.05, 0.1) is 5.69 Å². The SMILES string of the molecule is Cc1cc(-c2cccc(CC3CCN(C)C3)n2)n[nH]1. The first-order valence-electron chi connectivity index (χ1n) is 6.87. The molecule has 1 aliphatic heterocycles. The average Bonchev–Trinajstić information content (AvgIpc) is 2.99. The summed E-state index contributed by atoms with van der Waals surface area (Å²) in [5.41, 5.74) is 4.15. The molecule has 1 saturated heterocycles. The lowest BCUT2D eigenvalue weighted by molar-refractivity contribution is 0.393. The van der Waals surface area contributed by atoms with E-state index in [0.717, 1.165) is 29.4 Å². The fourth-order valence-electron chi connectivity index (χ4n) is 2.77. The number of hydrogen-bond acceptors (Lipinski definition) is 3. The summed E-state index contributed by atoms with van der Waals surface area (Å²) in [5, 5.41) is 7.24. The Bertz CT molecular complexity index is 561. The maximum atomic E-state index is 4.74. The van der Waals surface area contributed by atoms with E-state index in [-0.39, 0.29) is 0 Å². The van der Waals surface area contributed by atoms with Gasteiger partial charge in [0.2, 0.25) is 0 Å². The number of likely N-dealkylation sites (tertiary alicyclic amines) is 1. The molecule has 2 aromatic rings. The third-order valence-corrected chi connectivity index (χ3v) is 3.76. The van der Waals surface area contributed by atoms with Crippen LogP contribution in [0.2, 0.25) is 0 Å². The van der Waals surface area contributed by atoms with Crippen LogP contribution in [0.5, 0.6) is 0 Å². The molecule has 1 N–H and O–H groups in total. The van der Waals surface area contributed by atoms with Crippen LogP contribution in [0.3, 0.4) is 0 Å². The van der Waals surface area contributed by atoms with Gasteiger partial charge in [-0.1, -0.05) is 6.07 Å². The molecule has 1 fully saturated rings. The molecule has 0 aromatic carbocycles. The molecule has 0 bridgehead atoms. The summed E-state index contributed by atoms with van der Waals surface area (Å²) in [5.74, 6) is 0.744. The lowest BCUT2D eigenvalue weighted by atomic mass is 10.0. The number of aryl methyl sites for hydroxylation is 1. The maximum absolute atomic E-state index is 4.74. The van der Waals surface area contributed by atoms with E-state index in [1.165, 1.54) is 25.2 Å². The molecule has 0 radical (unpaired) electrons. The summed E-state index contributed by atoms with van der Waals surface area (Å²) < 4.78 is 0. The highest BCUT2D eigenvalue weighted by molar-refractivity contribution is 5.54. The van der Waals surface area contributed by atoms with Gasteiger partial charge in [-0.3, -0.25) is 10.1 Å². The second-order valence-electron chi connectivity index (χ2n) is 5.57. The molecule has 0 aliphatic carbocycles. The largest absolute Gasteiger partial charge is 0.306 e. The molecule has 0 amide bonds. The highest BCUT2D eigenvalue weighted by Gasteiger charge is 2.20. The Morgan fingerprint density at radius 1 is 1.37 bits per heavy atom. The van der Waals surface area contributed by atoms with E-state index in [1.54, 1.807) is 0 Å². The van der Waals surface area contributed by atoms with E-state index in [0.29, 0.717) is 0 Å². The number of aromatic nitrogens is 3. The van der Waals surface area contributed by atoms with Gasteiger partial charge in [0.1, 0.15) is 5.69 Å². The Hall–Kier alpha value is -1.68. The van der Waals surface area contributed by atoms with Crippen molar-refractivity contribution in [2.24, 2.45) is 5.92 Å². The van der Waals surface area contributed by atoms with Gasteiger partial charge in [-0.05, 0) is 57.5 Å². The first-order valence-corrected chi connectivity index (χ1v) is 6.87. The molecule has 2 aromatic heterocycles. The van der Waals surface area contributed by atoms with Crippen LogP contribution in [0.15, 0.2) is 24.3 Å². The average molecular weight is 256 g/mol. The number of rotatable bonds is 3. The number of nitrogens with zero attached hydrogens (tertiary/aromatic N) is 3. The van der Waals surface area contributed by atoms with Gasteiger partial charge < -0.3 is 4.90 Å². The summed E-state index contributed by atoms with van der Waals surface area (Å²) in [7, 11) is 2.19. The monoisotopic (exact) mass is 256 g/mol. The minimum atomic E-state index is 0.744. The maximum Gasteiger partial charge on any atom is 0.111 e. The third-order valence-electron chi connectivity index (χ3n) is 3.76. The van der Waals surface area contributed by atoms with Gasteiger partial charge in [-0.25, -0.2) is 0 Å². The number of aromatic amines is 1. The van der Waals surface area contributed by atoms with Gasteiger partial charge in [0.25, 0.3) is 0 Å². The predicted octanol–water partition coefficient (Wildman–Crippen LogP) is 2.27. The van der Waals surface area contributed by atoms with Gasteiger partial charge >= 0.3 is 0 Å². The molecule has 1 unspecified atom stereocenters. The van der Waals surface area contributed by atoms with Crippen molar-refractivity contribution < 1.29 is 0 Å². The smallest absolute Gasteiger partial charge is 0.111 e. The molecule has 0 saturated carbocycles. The second kappa shape index (κ2) is 5.13. The van der Waals surface area contributed by atoms with Crippen LogP contribution in [0, 0.1) is 12.8 Å². The summed E-state index contributed by atoms with van der Waals surface area (Å²) in [6.07, 6.45) is 2.35. The van der Waals surface area contributed by atoms with Gasteiger partial charge in [-0.2, -0.15) is 5.10 Å². The van der Waals surface area contributed by atoms with Crippen LogP contribution in [-0.4, -0.2) is 40.2 Å². The summed E-state index contributed by atoms with van der Waals surface area (Å²) in [6.45, 7) is 4.41. The van der Waals surface area contributed by atoms with E-state index < -0.39 is 0 Å². The number of hydrogen-bond donors (Lipinski definition) is 1. The lowest BCUT2D eigenvalue weighted by Gasteiger charge is -2.10. The highest BCUT2D eigenvalue weighted by atomic mass is 15.1. The van der Waals surface area contributed by atoms with Crippen molar-refractivity contribution in [2.75, 3.05) is 20.1 Å². The first kappa shape index (κ1) is 12.4. The Balaban J connectivity index is 1.76. The predicted molar refractivity (Wildman–Crippen MR) is 75.9 cm³/mol. The third kappa shape index (κ3) is 2.84. The van der Waals surface area contributed by atoms with Crippen LogP contribution in [0.1, 0.15) is 17.8 Å². The summed E-state index contributed by atoms with van der Waals surface area (Å²) >= 11 is 0. The molecule has 1 atom stereocenters. The number of pyridine rings is 1. The Morgan fingerprint density at radius 2 is 2.26 bits per heavy atom. The lowest BCUT2D eigenvalue weighted by Crippen LogP contribution is -2.15. The van der Waals surface area contributed by atoms with E-state index in [4.69, 9.17) is 4.98 Å². The minimum absolute atomic E-state index is 0.744. The van der Waals surface area contributed by atoms with Crippen molar-refractivity contribution in [3.05, 3.63) is 35.7 Å². The first-order chi connectivity index (χ1) is 9.20. The van der Waals surface area contributed by atoms with Gasteiger partial charge in [0, 0.05) is 17.9 Å². The normalized spacial score (nSPS) is 20.0. The quantitative estimate of drug-likeness (QED) is 0.916. The van der Waals surface area contributed by atoms with E-state index in [9.17, 15) is 0 Å². The molecule has 100 valence electrons. The van der Waals surface area contributed by atoms with Crippen LogP contribution in [0.4, 0.5) is 0 Å². The molecule has 3 rings (SSSR count). The van der Waals surface area contributed by atoms with Crippen LogP contribution in [0.25, 0.3) is 11.4 Å². The van der Waals surface area contributed by atoms with Gasteiger partial charge in [0.15, 0.2) is 0 Å². The second-order valence-corrected chi connectivity index (χ2v) is 5.57. The Labute approximate surface area is 113 Å². The van der Waals surface area contributed by atoms with Crippen molar-refractivity contribution in [1.29, 1.82) is 0 Å². The summed E-state index contributed by atoms with van der Waals surface area (Å²) in [4.78, 5) is 7.14. The van der Waals surface area contributed by atoms with Crippen molar-refractivity contribution in [3.8, 4) is 11.4 Å². The molecule has 3 heterocycles. The van der Waals surface area contributed by atoms with Crippen LogP contribution < -0.4 is 0 Å². The number of H-pyrrole nitrogens is 1. The van der Waals surface area contributed by atoms with Crippen LogP contribution >= 0.6 is 0 Å². The van der Waals surface area contributed by atoms with Gasteiger partial charge in [-0.15, -0.1) is 0 Å². The molecule has 1 aliphatic rings. The minimum Gasteiger partial charge on any atom is -0.306 e. The zero-order valence-corrected chi connectivity index (χ0v) is 11.6. The molecule has 4 nitrogen and oxygen atoms in total. The van der Waals surface area contributed by atoms with E-state index in [1.807, 2.05) is 19.1 Å². The Morgan fingerprint density at radius 3 is 2.95 bits per heavy atom. The highest BCUT2D eigenvalue weighted by Crippen LogP contribution is 2.21. The van der Waals surface area contributed by atoms with Crippen LogP contribution in [-0.2, 0) is 6.42 Å². The molecule has 19 heavy (non-hydrogen) atoms.